The SMILES string of the molecule is Cc1cc(S(=O)(=O)Cl)ccc1Nc1ncc2cc(C(F)F)c(=O)n(C3CCCC3)c2n1. The van der Waals surface area contributed by atoms with Crippen LogP contribution in [0.3, 0.4) is 0 Å². The van der Waals surface area contributed by atoms with E-state index in [1.807, 2.05) is 0 Å². The van der Waals surface area contributed by atoms with Crippen molar-refractivity contribution >= 4 is 42.4 Å². The van der Waals surface area contributed by atoms with Crippen molar-refractivity contribution in [1.82, 2.24) is 14.5 Å². The Hall–Kier alpha value is -2.59. The molecule has 2 heterocycles. The second-order valence-electron chi connectivity index (χ2n) is 7.53. The molecule has 0 amide bonds. The van der Waals surface area contributed by atoms with Gasteiger partial charge in [-0.2, -0.15) is 4.98 Å². The third-order valence-electron chi connectivity index (χ3n) is 5.45. The Morgan fingerprint density at radius 2 is 1.94 bits per heavy atom. The van der Waals surface area contributed by atoms with E-state index in [9.17, 15) is 22.0 Å². The molecular weight excluding hydrogens is 450 g/mol. The summed E-state index contributed by atoms with van der Waals surface area (Å²) < 4.78 is 51.2. The summed E-state index contributed by atoms with van der Waals surface area (Å²) in [5.41, 5.74) is 0.134. The van der Waals surface area contributed by atoms with Gasteiger partial charge in [0.15, 0.2) is 0 Å². The number of hydrogen-bond acceptors (Lipinski definition) is 6. The van der Waals surface area contributed by atoms with Gasteiger partial charge in [0, 0.05) is 34.0 Å². The predicted octanol–water partition coefficient (Wildman–Crippen LogP) is 4.82. The van der Waals surface area contributed by atoms with Gasteiger partial charge in [0.05, 0.1) is 10.5 Å². The smallest absolute Gasteiger partial charge is 0.269 e. The first-order valence-electron chi connectivity index (χ1n) is 9.68. The number of aromatic nitrogens is 3. The van der Waals surface area contributed by atoms with Gasteiger partial charge in [0.2, 0.25) is 5.95 Å². The van der Waals surface area contributed by atoms with Crippen LogP contribution in [-0.4, -0.2) is 23.0 Å². The molecule has 1 N–H and O–H groups in total. The summed E-state index contributed by atoms with van der Waals surface area (Å²) in [6.07, 6.45) is 1.80. The van der Waals surface area contributed by atoms with Crippen LogP contribution in [0, 0.1) is 6.92 Å². The normalized spacial score (nSPS) is 15.1. The first-order valence-corrected chi connectivity index (χ1v) is 12.0. The molecule has 31 heavy (non-hydrogen) atoms. The highest BCUT2D eigenvalue weighted by Crippen LogP contribution is 2.32. The number of anilines is 2. The average molecular weight is 469 g/mol. The van der Waals surface area contributed by atoms with Gasteiger partial charge in [-0.3, -0.25) is 9.36 Å². The highest BCUT2D eigenvalue weighted by molar-refractivity contribution is 8.13. The number of benzene rings is 1. The lowest BCUT2D eigenvalue weighted by molar-refractivity contribution is 0.149. The van der Waals surface area contributed by atoms with Crippen LogP contribution >= 0.6 is 10.7 Å². The Bertz CT molecular complexity index is 1320. The summed E-state index contributed by atoms with van der Waals surface area (Å²) in [5, 5.41) is 3.35. The van der Waals surface area contributed by atoms with E-state index in [1.54, 1.807) is 6.92 Å². The molecule has 0 spiro atoms. The topological polar surface area (TPSA) is 94.0 Å². The molecule has 0 bridgehead atoms. The monoisotopic (exact) mass is 468 g/mol. The molecule has 0 atom stereocenters. The Labute approximate surface area is 181 Å². The molecule has 0 unspecified atom stereocenters. The van der Waals surface area contributed by atoms with Gasteiger partial charge in [0.1, 0.15) is 5.65 Å². The fraction of sp³-hybridized carbons (Fsp3) is 0.350. The summed E-state index contributed by atoms with van der Waals surface area (Å²) in [6.45, 7) is 1.69. The van der Waals surface area contributed by atoms with Crippen molar-refractivity contribution < 1.29 is 17.2 Å². The van der Waals surface area contributed by atoms with Gasteiger partial charge in [-0.1, -0.05) is 12.8 Å². The number of aryl methyl sites for hydroxylation is 1. The van der Waals surface area contributed by atoms with Crippen LogP contribution in [-0.2, 0) is 9.05 Å². The quantitative estimate of drug-likeness (QED) is 0.539. The van der Waals surface area contributed by atoms with Crippen molar-refractivity contribution in [2.75, 3.05) is 5.32 Å². The summed E-state index contributed by atoms with van der Waals surface area (Å²) in [7, 11) is 1.52. The van der Waals surface area contributed by atoms with Crippen molar-refractivity contribution in [3.63, 3.8) is 0 Å². The van der Waals surface area contributed by atoms with Gasteiger partial charge in [-0.15, -0.1) is 0 Å². The van der Waals surface area contributed by atoms with E-state index in [2.05, 4.69) is 15.3 Å². The van der Waals surface area contributed by atoms with Crippen molar-refractivity contribution in [3.05, 3.63) is 51.9 Å². The molecule has 1 fully saturated rings. The van der Waals surface area contributed by atoms with E-state index in [1.165, 1.54) is 29.0 Å². The first-order chi connectivity index (χ1) is 14.6. The van der Waals surface area contributed by atoms with Crippen LogP contribution in [0.25, 0.3) is 11.0 Å². The van der Waals surface area contributed by atoms with Gasteiger partial charge < -0.3 is 5.32 Å². The third kappa shape index (κ3) is 4.27. The van der Waals surface area contributed by atoms with Gasteiger partial charge in [-0.25, -0.2) is 22.2 Å². The maximum atomic E-state index is 13.4. The van der Waals surface area contributed by atoms with Crippen LogP contribution in [0.2, 0.25) is 0 Å². The molecule has 1 aromatic carbocycles. The lowest BCUT2D eigenvalue weighted by Gasteiger charge is -2.18. The standard InChI is InChI=1S/C20H19ClF2N4O3S/c1-11-8-14(31(21,29)30)6-7-16(11)25-20-24-10-12-9-15(17(22)23)19(28)27(18(12)26-20)13-4-2-3-5-13/h6-10,13,17H,2-5H2,1H3,(H,24,25,26). The van der Waals surface area contributed by atoms with Crippen molar-refractivity contribution in [2.24, 2.45) is 0 Å². The van der Waals surface area contributed by atoms with Crippen molar-refractivity contribution in [3.8, 4) is 0 Å². The summed E-state index contributed by atoms with van der Waals surface area (Å²) in [6, 6.07) is 5.24. The number of nitrogens with zero attached hydrogens (tertiary/aromatic N) is 3. The zero-order valence-corrected chi connectivity index (χ0v) is 18.1. The zero-order valence-electron chi connectivity index (χ0n) is 16.5. The molecule has 7 nitrogen and oxygen atoms in total. The van der Waals surface area contributed by atoms with E-state index in [0.717, 1.165) is 31.7 Å². The highest BCUT2D eigenvalue weighted by atomic mass is 35.7. The van der Waals surface area contributed by atoms with E-state index >= 15 is 0 Å². The Morgan fingerprint density at radius 3 is 2.55 bits per heavy atom. The number of nitrogens with one attached hydrogen (secondary N) is 1. The molecule has 0 radical (unpaired) electrons. The molecule has 1 aliphatic rings. The number of pyridine rings is 1. The summed E-state index contributed by atoms with van der Waals surface area (Å²) >= 11 is 0. The van der Waals surface area contributed by atoms with Crippen LogP contribution in [0.5, 0.6) is 0 Å². The Morgan fingerprint density at radius 1 is 1.23 bits per heavy atom. The minimum absolute atomic E-state index is 0.0359. The molecule has 1 aliphatic carbocycles. The lowest BCUT2D eigenvalue weighted by Crippen LogP contribution is -2.28. The van der Waals surface area contributed by atoms with E-state index in [0.29, 0.717) is 16.6 Å². The first kappa shape index (κ1) is 21.6. The number of alkyl halides is 2. The fourth-order valence-electron chi connectivity index (χ4n) is 3.91. The molecule has 4 rings (SSSR count). The van der Waals surface area contributed by atoms with E-state index in [-0.39, 0.29) is 22.5 Å². The Kier molecular flexibility index (Phi) is 5.69. The van der Waals surface area contributed by atoms with Gasteiger partial charge in [-0.05, 0) is 49.6 Å². The molecule has 164 valence electrons. The van der Waals surface area contributed by atoms with Gasteiger partial charge >= 0.3 is 0 Å². The highest BCUT2D eigenvalue weighted by Gasteiger charge is 2.25. The molecular formula is C20H19ClF2N4O3S. The number of halogens is 3. The van der Waals surface area contributed by atoms with Crippen LogP contribution < -0.4 is 10.9 Å². The second kappa shape index (κ2) is 8.16. The average Bonchev–Trinajstić information content (AvgIpc) is 3.22. The molecule has 1 saturated carbocycles. The number of rotatable bonds is 5. The van der Waals surface area contributed by atoms with Crippen LogP contribution in [0.15, 0.2) is 40.2 Å². The third-order valence-corrected chi connectivity index (χ3v) is 6.80. The van der Waals surface area contributed by atoms with E-state index in [4.69, 9.17) is 10.7 Å². The fourth-order valence-corrected chi connectivity index (χ4v) is 4.74. The maximum absolute atomic E-state index is 13.4. The molecule has 2 aromatic heterocycles. The number of hydrogen-bond donors (Lipinski definition) is 1. The number of fused-ring (bicyclic) bond motifs is 1. The van der Waals surface area contributed by atoms with Crippen LogP contribution in [0.1, 0.15) is 49.3 Å². The second-order valence-corrected chi connectivity index (χ2v) is 10.1. The predicted molar refractivity (Wildman–Crippen MR) is 114 cm³/mol. The van der Waals surface area contributed by atoms with Crippen molar-refractivity contribution in [2.45, 2.75) is 50.0 Å². The minimum Gasteiger partial charge on any atom is -0.324 e. The molecule has 11 heteroatoms. The maximum Gasteiger partial charge on any atom is 0.269 e. The van der Waals surface area contributed by atoms with Gasteiger partial charge in [0.25, 0.3) is 21.0 Å². The zero-order chi connectivity index (χ0) is 22.3. The lowest BCUT2D eigenvalue weighted by atomic mass is 10.1. The summed E-state index contributed by atoms with van der Waals surface area (Å²) in [5.74, 6) is 0.160. The Balaban J connectivity index is 1.80. The minimum atomic E-state index is -3.86. The largest absolute Gasteiger partial charge is 0.324 e. The van der Waals surface area contributed by atoms with E-state index < -0.39 is 26.6 Å². The molecule has 0 aliphatic heterocycles. The van der Waals surface area contributed by atoms with Crippen molar-refractivity contribution in [1.29, 1.82) is 0 Å². The summed E-state index contributed by atoms with van der Waals surface area (Å²) in [4.78, 5) is 21.4. The molecule has 0 saturated heterocycles. The van der Waals surface area contributed by atoms with Crippen LogP contribution in [0.4, 0.5) is 20.4 Å². The molecule has 3 aromatic rings.